The van der Waals surface area contributed by atoms with Crippen molar-refractivity contribution in [1.29, 1.82) is 0 Å². The lowest BCUT2D eigenvalue weighted by atomic mass is 10.2. The van der Waals surface area contributed by atoms with E-state index >= 15 is 0 Å². The molecular weight excluding hydrogens is 308 g/mol. The van der Waals surface area contributed by atoms with Gasteiger partial charge in [-0.1, -0.05) is 29.5 Å². The van der Waals surface area contributed by atoms with Gasteiger partial charge in [0.15, 0.2) is 5.13 Å². The minimum Gasteiger partial charge on any atom is -0.375 e. The van der Waals surface area contributed by atoms with E-state index in [1.54, 1.807) is 24.3 Å². The zero-order valence-electron chi connectivity index (χ0n) is 11.3. The Morgan fingerprint density at radius 1 is 1.29 bits per heavy atom. The molecule has 2 rings (SSSR count). The monoisotopic (exact) mass is 322 g/mol. The van der Waals surface area contributed by atoms with Crippen molar-refractivity contribution in [2.45, 2.75) is 11.1 Å². The molecule has 1 aromatic heterocycles. The van der Waals surface area contributed by atoms with Crippen molar-refractivity contribution in [2.75, 3.05) is 11.5 Å². The van der Waals surface area contributed by atoms with Crippen LogP contribution in [0.2, 0.25) is 0 Å². The van der Waals surface area contributed by atoms with Gasteiger partial charge in [-0.3, -0.25) is 20.4 Å². The summed E-state index contributed by atoms with van der Waals surface area (Å²) in [5.74, 6) is -0.472. The molecule has 2 amide bonds. The highest BCUT2D eigenvalue weighted by Gasteiger charge is 2.10. The molecule has 6 nitrogen and oxygen atoms in total. The number of rotatable bonds is 4. The second-order valence-electron chi connectivity index (χ2n) is 4.08. The molecule has 0 unspecified atom stereocenters. The number of nitrogen functional groups attached to an aromatic ring is 1. The molecule has 4 N–H and O–H groups in total. The maximum absolute atomic E-state index is 11.7. The van der Waals surface area contributed by atoms with E-state index in [0.717, 1.165) is 9.90 Å². The third kappa shape index (κ3) is 4.47. The summed E-state index contributed by atoms with van der Waals surface area (Å²) in [4.78, 5) is 27.5. The minimum absolute atomic E-state index is 0.178. The van der Waals surface area contributed by atoms with Crippen LogP contribution in [-0.2, 0) is 4.79 Å². The van der Waals surface area contributed by atoms with E-state index in [-0.39, 0.29) is 17.6 Å². The molecule has 110 valence electrons. The van der Waals surface area contributed by atoms with Gasteiger partial charge in [-0.15, -0.1) is 11.8 Å². The van der Waals surface area contributed by atoms with Crippen LogP contribution in [0.5, 0.6) is 0 Å². The Kier molecular flexibility index (Phi) is 5.18. The Bertz CT molecular complexity index is 643. The molecule has 0 aliphatic heterocycles. The first-order valence-electron chi connectivity index (χ1n) is 6.06. The van der Waals surface area contributed by atoms with Crippen LogP contribution in [0.4, 0.5) is 5.13 Å². The van der Waals surface area contributed by atoms with Crippen LogP contribution >= 0.6 is 23.1 Å². The summed E-state index contributed by atoms with van der Waals surface area (Å²) >= 11 is 2.68. The Hall–Kier alpha value is -2.06. The fourth-order valence-corrected chi connectivity index (χ4v) is 3.32. The van der Waals surface area contributed by atoms with Gasteiger partial charge < -0.3 is 5.73 Å². The lowest BCUT2D eigenvalue weighted by Gasteiger charge is -2.06. The molecule has 0 saturated carbocycles. The molecule has 0 radical (unpaired) electrons. The topological polar surface area (TPSA) is 97.1 Å². The number of anilines is 1. The quantitative estimate of drug-likeness (QED) is 0.586. The Morgan fingerprint density at radius 2 is 2.00 bits per heavy atom. The lowest BCUT2D eigenvalue weighted by Crippen LogP contribution is -2.42. The average molecular weight is 322 g/mol. The van der Waals surface area contributed by atoms with Gasteiger partial charge in [0.25, 0.3) is 5.91 Å². The number of hydrazine groups is 1. The molecule has 0 aliphatic rings. The minimum atomic E-state index is -0.354. The summed E-state index contributed by atoms with van der Waals surface area (Å²) in [6, 6.07) is 8.65. The van der Waals surface area contributed by atoms with E-state index < -0.39 is 0 Å². The van der Waals surface area contributed by atoms with Gasteiger partial charge in [0, 0.05) is 5.56 Å². The van der Waals surface area contributed by atoms with Crippen LogP contribution in [0.3, 0.4) is 0 Å². The highest BCUT2D eigenvalue weighted by atomic mass is 32.2. The van der Waals surface area contributed by atoms with Crippen LogP contribution in [-0.4, -0.2) is 22.6 Å². The average Bonchev–Trinajstić information content (AvgIpc) is 2.81. The molecule has 0 fully saturated rings. The molecule has 1 heterocycles. The van der Waals surface area contributed by atoms with E-state index in [4.69, 9.17) is 5.73 Å². The fraction of sp³-hybridized carbons (Fsp3) is 0.154. The normalized spacial score (nSPS) is 10.1. The van der Waals surface area contributed by atoms with E-state index in [1.807, 2.05) is 13.0 Å². The van der Waals surface area contributed by atoms with Crippen LogP contribution < -0.4 is 16.6 Å². The number of hydrogen-bond donors (Lipinski definition) is 3. The summed E-state index contributed by atoms with van der Waals surface area (Å²) in [5.41, 5.74) is 11.6. The summed E-state index contributed by atoms with van der Waals surface area (Å²) in [6.07, 6.45) is 0. The number of carbonyl (C=O) groups is 2. The molecule has 0 atom stereocenters. The molecule has 0 aliphatic carbocycles. The van der Waals surface area contributed by atoms with Crippen molar-refractivity contribution < 1.29 is 9.59 Å². The van der Waals surface area contributed by atoms with Gasteiger partial charge in [0.2, 0.25) is 5.91 Å². The second kappa shape index (κ2) is 7.09. The van der Waals surface area contributed by atoms with Crippen molar-refractivity contribution >= 4 is 40.0 Å². The van der Waals surface area contributed by atoms with Crippen LogP contribution in [0, 0.1) is 6.92 Å². The molecule has 1 aromatic carbocycles. The van der Waals surface area contributed by atoms with Crippen molar-refractivity contribution in [3.63, 3.8) is 0 Å². The molecular formula is C13H14N4O2S2. The van der Waals surface area contributed by atoms with Gasteiger partial charge in [-0.2, -0.15) is 0 Å². The summed E-state index contributed by atoms with van der Waals surface area (Å²) in [5, 5.41) is 0.479. The highest BCUT2D eigenvalue weighted by molar-refractivity contribution is 8.01. The largest absolute Gasteiger partial charge is 0.375 e. The SMILES string of the molecule is Cc1nc(N)sc1SCC(=O)NNC(=O)c1ccccc1. The first-order chi connectivity index (χ1) is 10.1. The number of aryl methyl sites for hydroxylation is 1. The van der Waals surface area contributed by atoms with E-state index in [0.29, 0.717) is 10.7 Å². The molecule has 0 spiro atoms. The number of nitrogens with zero attached hydrogens (tertiary/aromatic N) is 1. The summed E-state index contributed by atoms with van der Waals surface area (Å²) < 4.78 is 0.900. The Morgan fingerprint density at radius 3 is 2.62 bits per heavy atom. The second-order valence-corrected chi connectivity index (χ2v) is 6.36. The molecule has 8 heteroatoms. The van der Waals surface area contributed by atoms with E-state index in [2.05, 4.69) is 15.8 Å². The van der Waals surface area contributed by atoms with Gasteiger partial charge >= 0.3 is 0 Å². The smallest absolute Gasteiger partial charge is 0.269 e. The van der Waals surface area contributed by atoms with Gasteiger partial charge in [-0.05, 0) is 19.1 Å². The lowest BCUT2D eigenvalue weighted by molar-refractivity contribution is -0.119. The van der Waals surface area contributed by atoms with Crippen molar-refractivity contribution in [2.24, 2.45) is 0 Å². The maximum atomic E-state index is 11.7. The first-order valence-corrected chi connectivity index (χ1v) is 7.86. The zero-order chi connectivity index (χ0) is 15.2. The number of nitrogens with two attached hydrogens (primary N) is 1. The number of nitrogens with one attached hydrogen (secondary N) is 2. The number of benzene rings is 1. The molecule has 0 saturated heterocycles. The number of carbonyl (C=O) groups excluding carboxylic acids is 2. The standard InChI is InChI=1S/C13H14N4O2S2/c1-8-12(21-13(14)15-8)20-7-10(18)16-17-11(19)9-5-3-2-4-6-9/h2-6H,7H2,1H3,(H2,14,15)(H,16,18)(H,17,19). The maximum Gasteiger partial charge on any atom is 0.269 e. The molecule has 0 bridgehead atoms. The van der Waals surface area contributed by atoms with Gasteiger partial charge in [0.05, 0.1) is 15.7 Å². The van der Waals surface area contributed by atoms with Crippen molar-refractivity contribution in [1.82, 2.24) is 15.8 Å². The predicted molar refractivity (Wildman–Crippen MR) is 84.0 cm³/mol. The number of thioether (sulfide) groups is 1. The summed E-state index contributed by atoms with van der Waals surface area (Å²) in [6.45, 7) is 1.84. The third-order valence-electron chi connectivity index (χ3n) is 2.46. The van der Waals surface area contributed by atoms with E-state index in [1.165, 1.54) is 23.1 Å². The molecule has 21 heavy (non-hydrogen) atoms. The third-order valence-corrected chi connectivity index (χ3v) is 4.81. The predicted octanol–water partition coefficient (Wildman–Crippen LogP) is 1.59. The van der Waals surface area contributed by atoms with Crippen LogP contribution in [0.1, 0.15) is 16.1 Å². The van der Waals surface area contributed by atoms with Gasteiger partial charge in [-0.25, -0.2) is 4.98 Å². The fourth-order valence-electron chi connectivity index (χ4n) is 1.49. The number of aromatic nitrogens is 1. The van der Waals surface area contributed by atoms with Crippen molar-refractivity contribution in [3.05, 3.63) is 41.6 Å². The van der Waals surface area contributed by atoms with Crippen LogP contribution in [0.25, 0.3) is 0 Å². The number of hydrogen-bond acceptors (Lipinski definition) is 6. The Labute approximate surface area is 130 Å². The van der Waals surface area contributed by atoms with Crippen molar-refractivity contribution in [3.8, 4) is 0 Å². The number of amides is 2. The highest BCUT2D eigenvalue weighted by Crippen LogP contribution is 2.30. The van der Waals surface area contributed by atoms with Gasteiger partial charge in [0.1, 0.15) is 0 Å². The number of thiazole rings is 1. The Balaban J connectivity index is 1.78. The van der Waals surface area contributed by atoms with Crippen LogP contribution in [0.15, 0.2) is 34.5 Å². The first kappa shape index (κ1) is 15.3. The molecule has 2 aromatic rings. The zero-order valence-corrected chi connectivity index (χ0v) is 12.9. The van der Waals surface area contributed by atoms with E-state index in [9.17, 15) is 9.59 Å². The summed E-state index contributed by atoms with van der Waals surface area (Å²) in [7, 11) is 0.